The summed E-state index contributed by atoms with van der Waals surface area (Å²) in [6, 6.07) is 7.08. The predicted molar refractivity (Wildman–Crippen MR) is 135 cm³/mol. The molecule has 1 saturated carbocycles. The van der Waals surface area contributed by atoms with Crippen LogP contribution in [0, 0.1) is 17.7 Å². The molecule has 182 valence electrons. The molecule has 4 aromatic heterocycles. The largest absolute Gasteiger partial charge is 0.355 e. The summed E-state index contributed by atoms with van der Waals surface area (Å²) in [6.07, 6.45) is 5.93. The second kappa shape index (κ2) is 7.68. The molecular weight excluding hydrogens is 481 g/mol. The van der Waals surface area contributed by atoms with Crippen LogP contribution in [-0.4, -0.2) is 54.6 Å². The number of pyridine rings is 1. The highest BCUT2D eigenvalue weighted by molar-refractivity contribution is 6.38. The molecule has 1 saturated heterocycles. The van der Waals surface area contributed by atoms with Crippen LogP contribution in [-0.2, 0) is 12.5 Å². The van der Waals surface area contributed by atoms with E-state index in [1.54, 1.807) is 16.9 Å². The van der Waals surface area contributed by atoms with Gasteiger partial charge in [0.25, 0.3) is 0 Å². The minimum absolute atomic E-state index is 0.206. The van der Waals surface area contributed by atoms with Crippen LogP contribution >= 0.6 is 11.6 Å². The maximum Gasteiger partial charge on any atom is 0.177 e. The van der Waals surface area contributed by atoms with Crippen molar-refractivity contribution >= 4 is 39.5 Å². The van der Waals surface area contributed by atoms with Gasteiger partial charge in [0, 0.05) is 54.9 Å². The molecule has 0 radical (unpaired) electrons. The zero-order valence-corrected chi connectivity index (χ0v) is 20.2. The number of piperidine rings is 1. The van der Waals surface area contributed by atoms with Crippen LogP contribution < -0.4 is 10.6 Å². The lowest BCUT2D eigenvalue weighted by atomic mass is 9.96. The second-order valence-electron chi connectivity index (χ2n) is 9.71. The van der Waals surface area contributed by atoms with Crippen LogP contribution in [0.1, 0.15) is 12.1 Å². The monoisotopic (exact) mass is 503 g/mol. The van der Waals surface area contributed by atoms with E-state index in [1.807, 2.05) is 25.4 Å². The number of benzene rings is 1. The van der Waals surface area contributed by atoms with Crippen molar-refractivity contribution in [2.24, 2.45) is 24.6 Å². The molecule has 2 fully saturated rings. The highest BCUT2D eigenvalue weighted by Crippen LogP contribution is 2.62. The number of hydrogen-bond acceptors (Lipinski definition) is 7. The number of aromatic amines is 1. The Hall–Kier alpha value is -3.63. The Labute approximate surface area is 210 Å². The van der Waals surface area contributed by atoms with Gasteiger partial charge in [-0.1, -0.05) is 11.6 Å². The molecule has 0 spiro atoms. The molecule has 1 aromatic carbocycles. The first kappa shape index (κ1) is 21.6. The minimum atomic E-state index is -0.333. The first-order valence-electron chi connectivity index (χ1n) is 11.9. The number of anilines is 1. The number of aryl methyl sites for hydroxylation is 1. The van der Waals surface area contributed by atoms with E-state index in [-0.39, 0.29) is 11.2 Å². The number of nitrogens with one attached hydrogen (secondary N) is 1. The number of hydrogen-bond donors (Lipinski definition) is 2. The Morgan fingerprint density at radius 2 is 2.08 bits per heavy atom. The van der Waals surface area contributed by atoms with Gasteiger partial charge >= 0.3 is 0 Å². The molecule has 1 aliphatic heterocycles. The van der Waals surface area contributed by atoms with E-state index in [4.69, 9.17) is 27.3 Å². The van der Waals surface area contributed by atoms with Crippen LogP contribution in [0.25, 0.3) is 33.3 Å². The van der Waals surface area contributed by atoms with Crippen LogP contribution in [0.5, 0.6) is 0 Å². The molecule has 3 atom stereocenters. The van der Waals surface area contributed by atoms with E-state index in [2.05, 4.69) is 25.2 Å². The summed E-state index contributed by atoms with van der Waals surface area (Å²) < 4.78 is 15.2. The highest BCUT2D eigenvalue weighted by atomic mass is 35.5. The molecule has 0 unspecified atom stereocenters. The summed E-state index contributed by atoms with van der Waals surface area (Å²) in [7, 11) is 1.87. The van der Waals surface area contributed by atoms with Gasteiger partial charge in [-0.3, -0.25) is 14.8 Å². The molecule has 9 nitrogen and oxygen atoms in total. The van der Waals surface area contributed by atoms with Gasteiger partial charge in [0.1, 0.15) is 22.8 Å². The first-order valence-corrected chi connectivity index (χ1v) is 12.3. The number of fused-ring (bicyclic) bond motifs is 3. The van der Waals surface area contributed by atoms with Crippen molar-refractivity contribution in [1.82, 2.24) is 34.9 Å². The Bertz CT molecular complexity index is 1630. The average molecular weight is 504 g/mol. The van der Waals surface area contributed by atoms with Crippen molar-refractivity contribution in [2.45, 2.75) is 11.8 Å². The van der Waals surface area contributed by atoms with E-state index in [9.17, 15) is 4.39 Å². The first-order chi connectivity index (χ1) is 17.5. The zero-order valence-electron chi connectivity index (χ0n) is 19.5. The molecule has 11 heteroatoms. The number of nitrogens with zero attached hydrogens (tertiary/aromatic N) is 7. The third kappa shape index (κ3) is 3.00. The van der Waals surface area contributed by atoms with Crippen LogP contribution in [0.4, 0.5) is 10.2 Å². The van der Waals surface area contributed by atoms with E-state index < -0.39 is 0 Å². The maximum absolute atomic E-state index is 13.4. The van der Waals surface area contributed by atoms with E-state index in [1.165, 1.54) is 12.3 Å². The van der Waals surface area contributed by atoms with Gasteiger partial charge < -0.3 is 10.6 Å². The van der Waals surface area contributed by atoms with Crippen molar-refractivity contribution in [3.63, 3.8) is 0 Å². The van der Waals surface area contributed by atoms with Crippen molar-refractivity contribution in [3.8, 4) is 11.3 Å². The molecule has 7 rings (SSSR count). The van der Waals surface area contributed by atoms with Crippen molar-refractivity contribution in [1.29, 1.82) is 0 Å². The number of aromatic nitrogens is 7. The summed E-state index contributed by atoms with van der Waals surface area (Å²) in [6.45, 7) is 2.13. The van der Waals surface area contributed by atoms with Gasteiger partial charge in [0.2, 0.25) is 0 Å². The Morgan fingerprint density at radius 1 is 1.19 bits per heavy atom. The fourth-order valence-corrected chi connectivity index (χ4v) is 6.42. The van der Waals surface area contributed by atoms with Gasteiger partial charge in [-0.15, -0.1) is 0 Å². The lowest BCUT2D eigenvalue weighted by molar-refractivity contribution is 0.544. The number of H-pyrrole nitrogens is 1. The topological polar surface area (TPSA) is 114 Å². The maximum atomic E-state index is 13.4. The third-order valence-electron chi connectivity index (χ3n) is 7.94. The van der Waals surface area contributed by atoms with Gasteiger partial charge in [-0.25, -0.2) is 14.4 Å². The molecule has 0 bridgehead atoms. The number of nitrogens with two attached hydrogens (primary N) is 1. The molecule has 0 amide bonds. The smallest absolute Gasteiger partial charge is 0.177 e. The van der Waals surface area contributed by atoms with Crippen molar-refractivity contribution in [2.75, 3.05) is 24.5 Å². The standard InChI is InChI=1S/C25H23ClFN9/c1-35-10-15-18(34-35)4-3-14(21(15)26)22-23-24(33-32-22)31-20(9-30-23)36-7-6-16-17(11-36)25(16,12-28)19-5-2-13(27)8-29-19/h2-5,8-10,16-17H,6-7,11-12,28H2,1H3,(H,31,32,33)/t16-,17+,25+/m1/s1. The lowest BCUT2D eigenvalue weighted by Gasteiger charge is -2.26. The fourth-order valence-electron chi connectivity index (χ4n) is 6.12. The predicted octanol–water partition coefficient (Wildman–Crippen LogP) is 3.45. The van der Waals surface area contributed by atoms with Crippen molar-refractivity contribution < 1.29 is 4.39 Å². The number of halogens is 2. The zero-order chi connectivity index (χ0) is 24.6. The SMILES string of the molecule is Cn1cc2c(Cl)c(-c3n[nH]c4nc(N5CC[C@@H]6[C@H](C5)[C@@]6(CN)c5ccc(F)cn5)cnc34)ccc2n1. The summed E-state index contributed by atoms with van der Waals surface area (Å²) in [4.78, 5) is 16.2. The lowest BCUT2D eigenvalue weighted by Crippen LogP contribution is -2.32. The van der Waals surface area contributed by atoms with Gasteiger partial charge in [-0.05, 0) is 42.5 Å². The summed E-state index contributed by atoms with van der Waals surface area (Å²) in [5.41, 5.74) is 10.5. The Balaban J connectivity index is 1.19. The molecule has 5 aromatic rings. The Morgan fingerprint density at radius 3 is 2.89 bits per heavy atom. The molecule has 5 heterocycles. The quantitative estimate of drug-likeness (QED) is 0.386. The van der Waals surface area contributed by atoms with Gasteiger partial charge in [0.15, 0.2) is 5.65 Å². The third-order valence-corrected chi connectivity index (χ3v) is 8.35. The highest BCUT2D eigenvalue weighted by Gasteiger charge is 2.66. The summed E-state index contributed by atoms with van der Waals surface area (Å²) >= 11 is 6.72. The average Bonchev–Trinajstić information content (AvgIpc) is 3.13. The Kier molecular flexibility index (Phi) is 4.62. The van der Waals surface area contributed by atoms with E-state index in [0.29, 0.717) is 40.3 Å². The van der Waals surface area contributed by atoms with Crippen LogP contribution in [0.2, 0.25) is 5.02 Å². The van der Waals surface area contributed by atoms with Crippen molar-refractivity contribution in [3.05, 3.63) is 59.4 Å². The normalized spacial score (nSPS) is 23.4. The molecular formula is C25H23ClFN9. The summed E-state index contributed by atoms with van der Waals surface area (Å²) in [5, 5.41) is 13.4. The molecule has 2 aliphatic rings. The van der Waals surface area contributed by atoms with Gasteiger partial charge in [-0.2, -0.15) is 10.2 Å². The van der Waals surface area contributed by atoms with Crippen LogP contribution in [0.3, 0.4) is 0 Å². The number of rotatable bonds is 4. The minimum Gasteiger partial charge on any atom is -0.355 e. The fraction of sp³-hybridized carbons (Fsp3) is 0.320. The van der Waals surface area contributed by atoms with E-state index >= 15 is 0 Å². The van der Waals surface area contributed by atoms with E-state index in [0.717, 1.165) is 47.5 Å². The molecule has 3 N–H and O–H groups in total. The molecule has 1 aliphatic carbocycles. The van der Waals surface area contributed by atoms with Gasteiger partial charge in [0.05, 0.1) is 22.9 Å². The van der Waals surface area contributed by atoms with Crippen LogP contribution in [0.15, 0.2) is 42.9 Å². The summed E-state index contributed by atoms with van der Waals surface area (Å²) in [5.74, 6) is 1.24. The molecule has 36 heavy (non-hydrogen) atoms. The second-order valence-corrected chi connectivity index (χ2v) is 10.1.